The number of benzene rings is 3. The number of ether oxygens (including phenoxy) is 5. The van der Waals surface area contributed by atoms with E-state index in [-0.39, 0.29) is 38.1 Å². The molecule has 0 bridgehead atoms. The van der Waals surface area contributed by atoms with E-state index in [1.165, 1.54) is 0 Å². The van der Waals surface area contributed by atoms with Gasteiger partial charge in [0, 0.05) is 32.5 Å². The normalized spacial score (nSPS) is 17.5. The molecule has 0 saturated carbocycles. The quantitative estimate of drug-likeness (QED) is 0.122. The van der Waals surface area contributed by atoms with Crippen LogP contribution in [0.25, 0.3) is 10.8 Å². The zero-order valence-electron chi connectivity index (χ0n) is 27.1. The van der Waals surface area contributed by atoms with Gasteiger partial charge in [-0.1, -0.05) is 56.0 Å². The minimum Gasteiger partial charge on any atom is -0.491 e. The number of fused-ring (bicyclic) bond motifs is 1. The van der Waals surface area contributed by atoms with Crippen molar-refractivity contribution in [2.45, 2.75) is 77.1 Å². The molecule has 44 heavy (non-hydrogen) atoms. The van der Waals surface area contributed by atoms with Crippen LogP contribution in [0.2, 0.25) is 25.7 Å². The van der Waals surface area contributed by atoms with Crippen molar-refractivity contribution in [1.29, 1.82) is 0 Å². The highest BCUT2D eigenvalue weighted by atomic mass is 28.3. The van der Waals surface area contributed by atoms with Crippen molar-refractivity contribution in [3.8, 4) is 11.5 Å². The molecule has 8 nitrogen and oxygen atoms in total. The van der Waals surface area contributed by atoms with E-state index < -0.39 is 13.7 Å². The standard InChI is InChI=1S/C35H49NO7Si/c1-35(2,3)43-34(38)36-16-15-31(27-11-13-29(14-12-27)40-18-17-37)33(23-36)41-24-26-21-28-9-7-8-10-30(28)32(22-26)42-25-39-19-20-44(4,5)6/h7-14,21-22,31,33,37H,15-20,23-25H2,1-6H3. The van der Waals surface area contributed by atoms with Gasteiger partial charge in [0.25, 0.3) is 0 Å². The molecule has 0 aliphatic carbocycles. The predicted molar refractivity (Wildman–Crippen MR) is 176 cm³/mol. The van der Waals surface area contributed by atoms with E-state index in [4.69, 9.17) is 28.8 Å². The Morgan fingerprint density at radius 2 is 1.75 bits per heavy atom. The second-order valence-corrected chi connectivity index (χ2v) is 19.2. The van der Waals surface area contributed by atoms with Crippen LogP contribution in [0.1, 0.15) is 44.2 Å². The molecule has 3 aromatic carbocycles. The molecule has 0 spiro atoms. The Labute approximate surface area is 263 Å². The minimum absolute atomic E-state index is 0.0338. The third kappa shape index (κ3) is 10.2. The number of nitrogens with zero attached hydrogens (tertiary/aromatic N) is 1. The average molecular weight is 624 g/mol. The number of amides is 1. The summed E-state index contributed by atoms with van der Waals surface area (Å²) in [7, 11) is -1.17. The fourth-order valence-corrected chi connectivity index (χ4v) is 5.97. The molecular weight excluding hydrogens is 574 g/mol. The molecule has 1 heterocycles. The molecule has 1 saturated heterocycles. The maximum atomic E-state index is 13.0. The summed E-state index contributed by atoms with van der Waals surface area (Å²) in [5.41, 5.74) is 1.53. The van der Waals surface area contributed by atoms with Gasteiger partial charge in [-0.05, 0) is 74.0 Å². The Kier molecular flexibility index (Phi) is 11.7. The highest BCUT2D eigenvalue weighted by Gasteiger charge is 2.35. The zero-order valence-corrected chi connectivity index (χ0v) is 28.1. The van der Waals surface area contributed by atoms with Crippen LogP contribution < -0.4 is 9.47 Å². The van der Waals surface area contributed by atoms with Gasteiger partial charge in [-0.15, -0.1) is 0 Å². The van der Waals surface area contributed by atoms with Crippen LogP contribution in [-0.2, 0) is 20.8 Å². The van der Waals surface area contributed by atoms with Gasteiger partial charge in [-0.2, -0.15) is 0 Å². The van der Waals surface area contributed by atoms with Crippen LogP contribution >= 0.6 is 0 Å². The number of likely N-dealkylation sites (tertiary alicyclic amines) is 1. The summed E-state index contributed by atoms with van der Waals surface area (Å²) in [6.07, 6.45) is 0.163. The summed E-state index contributed by atoms with van der Waals surface area (Å²) in [6, 6.07) is 21.3. The number of aliphatic hydroxyl groups is 1. The van der Waals surface area contributed by atoms with Crippen LogP contribution in [0.5, 0.6) is 11.5 Å². The Balaban J connectivity index is 1.50. The lowest BCUT2D eigenvalue weighted by Crippen LogP contribution is -2.48. The molecule has 0 aromatic heterocycles. The van der Waals surface area contributed by atoms with Crippen LogP contribution in [0, 0.1) is 0 Å². The van der Waals surface area contributed by atoms with E-state index in [0.29, 0.717) is 32.1 Å². The average Bonchev–Trinajstić information content (AvgIpc) is 2.97. The van der Waals surface area contributed by atoms with Gasteiger partial charge in [0.2, 0.25) is 0 Å². The van der Waals surface area contributed by atoms with Crippen molar-refractivity contribution < 1.29 is 33.6 Å². The van der Waals surface area contributed by atoms with E-state index >= 15 is 0 Å². The molecule has 1 amide bonds. The SMILES string of the molecule is CC(C)(C)OC(=O)N1CCC(c2ccc(OCCO)cc2)C(OCc2cc(OCOCC[Si](C)(C)C)c3ccccc3c2)C1. The highest BCUT2D eigenvalue weighted by molar-refractivity contribution is 6.76. The lowest BCUT2D eigenvalue weighted by Gasteiger charge is -2.39. The third-order valence-corrected chi connectivity index (χ3v) is 9.23. The zero-order chi connectivity index (χ0) is 31.7. The first-order valence-corrected chi connectivity index (χ1v) is 19.3. The Morgan fingerprint density at radius 1 is 1.00 bits per heavy atom. The van der Waals surface area contributed by atoms with Crippen molar-refractivity contribution in [2.75, 3.05) is 39.7 Å². The number of carbonyl (C=O) groups excluding carboxylic acids is 1. The molecule has 1 aliphatic rings. The van der Waals surface area contributed by atoms with Crippen molar-refractivity contribution in [3.63, 3.8) is 0 Å². The van der Waals surface area contributed by atoms with Crippen LogP contribution in [0.4, 0.5) is 4.79 Å². The number of hydrogen-bond acceptors (Lipinski definition) is 7. The highest BCUT2D eigenvalue weighted by Crippen LogP contribution is 2.34. The molecule has 1 N–H and O–H groups in total. The molecule has 1 aliphatic heterocycles. The number of hydrogen-bond donors (Lipinski definition) is 1. The van der Waals surface area contributed by atoms with Gasteiger partial charge in [-0.3, -0.25) is 0 Å². The van der Waals surface area contributed by atoms with Crippen molar-refractivity contribution in [1.82, 2.24) is 4.90 Å². The van der Waals surface area contributed by atoms with Gasteiger partial charge in [-0.25, -0.2) is 4.79 Å². The summed E-state index contributed by atoms with van der Waals surface area (Å²) in [6.45, 7) is 15.1. The van der Waals surface area contributed by atoms with Crippen molar-refractivity contribution in [3.05, 3.63) is 71.8 Å². The molecule has 9 heteroatoms. The van der Waals surface area contributed by atoms with Gasteiger partial charge >= 0.3 is 6.09 Å². The van der Waals surface area contributed by atoms with E-state index in [1.54, 1.807) is 4.90 Å². The lowest BCUT2D eigenvalue weighted by atomic mass is 9.87. The topological polar surface area (TPSA) is 86.7 Å². The van der Waals surface area contributed by atoms with Crippen molar-refractivity contribution in [2.24, 2.45) is 0 Å². The van der Waals surface area contributed by atoms with Crippen LogP contribution in [0.3, 0.4) is 0 Å². The van der Waals surface area contributed by atoms with E-state index in [1.807, 2.05) is 63.2 Å². The summed E-state index contributed by atoms with van der Waals surface area (Å²) >= 11 is 0. The largest absolute Gasteiger partial charge is 0.491 e. The van der Waals surface area contributed by atoms with Crippen LogP contribution in [-0.4, -0.2) is 75.6 Å². The first-order valence-electron chi connectivity index (χ1n) is 15.6. The Hall–Kier alpha value is -3.11. The summed E-state index contributed by atoms with van der Waals surface area (Å²) in [5, 5.41) is 11.2. The molecule has 3 aromatic rings. The summed E-state index contributed by atoms with van der Waals surface area (Å²) < 4.78 is 29.8. The fraction of sp³-hybridized carbons (Fsp3) is 0.514. The number of piperidine rings is 1. The van der Waals surface area contributed by atoms with Gasteiger partial charge in [0.15, 0.2) is 6.79 Å². The maximum absolute atomic E-state index is 13.0. The van der Waals surface area contributed by atoms with E-state index in [0.717, 1.165) is 40.1 Å². The molecule has 2 atom stereocenters. The maximum Gasteiger partial charge on any atom is 0.410 e. The first-order chi connectivity index (χ1) is 20.9. The molecule has 4 rings (SSSR count). The van der Waals surface area contributed by atoms with Gasteiger partial charge in [0.05, 0.1) is 25.9 Å². The van der Waals surface area contributed by atoms with Crippen LogP contribution in [0.15, 0.2) is 60.7 Å². The third-order valence-electron chi connectivity index (χ3n) is 7.52. The lowest BCUT2D eigenvalue weighted by molar-refractivity contribution is -0.0360. The number of carbonyl (C=O) groups is 1. The van der Waals surface area contributed by atoms with E-state index in [9.17, 15) is 4.79 Å². The Bertz CT molecular complexity index is 1350. The van der Waals surface area contributed by atoms with Crippen molar-refractivity contribution >= 4 is 24.9 Å². The number of aliphatic hydroxyl groups excluding tert-OH is 1. The smallest absolute Gasteiger partial charge is 0.410 e. The fourth-order valence-electron chi connectivity index (χ4n) is 5.22. The Morgan fingerprint density at radius 3 is 2.45 bits per heavy atom. The second-order valence-electron chi connectivity index (χ2n) is 13.6. The summed E-state index contributed by atoms with van der Waals surface area (Å²) in [5.74, 6) is 1.56. The molecule has 240 valence electrons. The molecular formula is C35H49NO7Si. The van der Waals surface area contributed by atoms with Gasteiger partial charge < -0.3 is 33.7 Å². The molecule has 0 radical (unpaired) electrons. The summed E-state index contributed by atoms with van der Waals surface area (Å²) in [4.78, 5) is 14.7. The van der Waals surface area contributed by atoms with E-state index in [2.05, 4.69) is 37.8 Å². The second kappa shape index (κ2) is 15.3. The minimum atomic E-state index is -1.17. The van der Waals surface area contributed by atoms with Gasteiger partial charge in [0.1, 0.15) is 23.7 Å². The predicted octanol–water partition coefficient (Wildman–Crippen LogP) is 7.21. The monoisotopic (exact) mass is 623 g/mol. The first kappa shape index (κ1) is 33.8. The molecule has 1 fully saturated rings. The number of rotatable bonds is 13. The molecule has 2 unspecified atom stereocenters.